The van der Waals surface area contributed by atoms with Gasteiger partial charge in [-0.1, -0.05) is 6.07 Å². The highest BCUT2D eigenvalue weighted by Crippen LogP contribution is 2.29. The summed E-state index contributed by atoms with van der Waals surface area (Å²) < 4.78 is 0. The standard InChI is InChI=1S/C20H25N5/c1-15-9-20(19(10-21)16(2)23-15)25-8-6-18(14-25)13-24(3)12-17-5-4-7-22-11-17/h4-5,7,9,11,18H,6,8,12-14H2,1-3H3/t18-/m1/s1. The number of hydrogen-bond donors (Lipinski definition) is 0. The minimum atomic E-state index is 0.613. The number of hydrogen-bond acceptors (Lipinski definition) is 5. The zero-order chi connectivity index (χ0) is 17.8. The molecule has 3 heterocycles. The average Bonchev–Trinajstić information content (AvgIpc) is 3.03. The maximum absolute atomic E-state index is 9.50. The van der Waals surface area contributed by atoms with E-state index in [1.54, 1.807) is 0 Å². The molecule has 0 saturated carbocycles. The summed E-state index contributed by atoms with van der Waals surface area (Å²) in [6.07, 6.45) is 4.89. The fraction of sp³-hybridized carbons (Fsp3) is 0.450. The van der Waals surface area contributed by atoms with E-state index in [0.717, 1.165) is 55.2 Å². The SMILES string of the molecule is Cc1cc(N2CC[C@H](CN(C)Cc3cccnc3)C2)c(C#N)c(C)n1. The van der Waals surface area contributed by atoms with Gasteiger partial charge in [-0.15, -0.1) is 0 Å². The largest absolute Gasteiger partial charge is 0.370 e. The number of nitrogens with zero attached hydrogens (tertiary/aromatic N) is 5. The molecular formula is C20H25N5. The molecule has 0 unspecified atom stereocenters. The molecule has 0 spiro atoms. The second kappa shape index (κ2) is 7.62. The molecule has 0 bridgehead atoms. The minimum Gasteiger partial charge on any atom is -0.370 e. The second-order valence-electron chi connectivity index (χ2n) is 7.01. The van der Waals surface area contributed by atoms with Gasteiger partial charge < -0.3 is 9.80 Å². The summed E-state index contributed by atoms with van der Waals surface area (Å²) in [4.78, 5) is 13.3. The van der Waals surface area contributed by atoms with Crippen molar-refractivity contribution in [2.24, 2.45) is 5.92 Å². The third-order valence-corrected chi connectivity index (χ3v) is 4.79. The Hall–Kier alpha value is -2.45. The summed E-state index contributed by atoms with van der Waals surface area (Å²) >= 11 is 0. The molecule has 130 valence electrons. The third kappa shape index (κ3) is 4.15. The molecule has 3 rings (SSSR count). The number of aryl methyl sites for hydroxylation is 2. The van der Waals surface area contributed by atoms with Crippen molar-refractivity contribution in [2.45, 2.75) is 26.8 Å². The lowest BCUT2D eigenvalue weighted by atomic mass is 10.1. The molecule has 25 heavy (non-hydrogen) atoms. The molecule has 0 N–H and O–H groups in total. The summed E-state index contributed by atoms with van der Waals surface area (Å²) in [7, 11) is 2.16. The maximum Gasteiger partial charge on any atom is 0.103 e. The number of pyridine rings is 2. The van der Waals surface area contributed by atoms with Crippen LogP contribution in [0.5, 0.6) is 0 Å². The lowest BCUT2D eigenvalue weighted by molar-refractivity contribution is 0.279. The van der Waals surface area contributed by atoms with E-state index in [1.165, 1.54) is 5.56 Å². The minimum absolute atomic E-state index is 0.613. The molecule has 2 aromatic rings. The van der Waals surface area contributed by atoms with Crippen molar-refractivity contribution >= 4 is 5.69 Å². The molecule has 1 atom stereocenters. The van der Waals surface area contributed by atoms with E-state index in [0.29, 0.717) is 5.92 Å². The fourth-order valence-electron chi connectivity index (χ4n) is 3.70. The molecule has 5 nitrogen and oxygen atoms in total. The third-order valence-electron chi connectivity index (χ3n) is 4.79. The zero-order valence-corrected chi connectivity index (χ0v) is 15.2. The Bertz CT molecular complexity index is 766. The molecular weight excluding hydrogens is 310 g/mol. The Morgan fingerprint density at radius 2 is 2.24 bits per heavy atom. The van der Waals surface area contributed by atoms with Crippen LogP contribution in [0.3, 0.4) is 0 Å². The van der Waals surface area contributed by atoms with E-state index >= 15 is 0 Å². The van der Waals surface area contributed by atoms with Crippen molar-refractivity contribution in [3.63, 3.8) is 0 Å². The molecule has 0 aromatic carbocycles. The first-order chi connectivity index (χ1) is 12.1. The van der Waals surface area contributed by atoms with Crippen LogP contribution in [-0.2, 0) is 6.54 Å². The van der Waals surface area contributed by atoms with Crippen LogP contribution in [0.1, 0.15) is 28.9 Å². The summed E-state index contributed by atoms with van der Waals surface area (Å²) in [5.74, 6) is 0.613. The first-order valence-corrected chi connectivity index (χ1v) is 8.77. The molecule has 1 fully saturated rings. The van der Waals surface area contributed by atoms with Crippen LogP contribution < -0.4 is 4.90 Å². The van der Waals surface area contributed by atoms with Gasteiger partial charge in [0.05, 0.1) is 16.9 Å². The predicted octanol–water partition coefficient (Wildman–Crippen LogP) is 2.92. The van der Waals surface area contributed by atoms with Crippen molar-refractivity contribution in [1.29, 1.82) is 5.26 Å². The summed E-state index contributed by atoms with van der Waals surface area (Å²) in [5.41, 5.74) is 4.81. The van der Waals surface area contributed by atoms with Crippen LogP contribution >= 0.6 is 0 Å². The van der Waals surface area contributed by atoms with Crippen molar-refractivity contribution in [2.75, 3.05) is 31.6 Å². The first-order valence-electron chi connectivity index (χ1n) is 8.77. The van der Waals surface area contributed by atoms with Gasteiger partial charge in [0.25, 0.3) is 0 Å². The van der Waals surface area contributed by atoms with E-state index < -0.39 is 0 Å². The molecule has 5 heteroatoms. The molecule has 1 aliphatic heterocycles. The number of nitriles is 1. The Kier molecular flexibility index (Phi) is 5.30. The van der Waals surface area contributed by atoms with Gasteiger partial charge in [-0.25, -0.2) is 0 Å². The van der Waals surface area contributed by atoms with Crippen LogP contribution in [-0.4, -0.2) is 41.5 Å². The molecule has 1 aliphatic rings. The highest BCUT2D eigenvalue weighted by Gasteiger charge is 2.26. The van der Waals surface area contributed by atoms with Crippen molar-refractivity contribution in [3.8, 4) is 6.07 Å². The average molecular weight is 335 g/mol. The summed E-state index contributed by atoms with van der Waals surface area (Å²) in [6.45, 7) is 7.88. The number of aromatic nitrogens is 2. The summed E-state index contributed by atoms with van der Waals surface area (Å²) in [6, 6.07) is 8.48. The number of rotatable bonds is 5. The van der Waals surface area contributed by atoms with Crippen LogP contribution in [0.4, 0.5) is 5.69 Å². The van der Waals surface area contributed by atoms with Crippen molar-refractivity contribution in [1.82, 2.24) is 14.9 Å². The topological polar surface area (TPSA) is 56.0 Å². The van der Waals surface area contributed by atoms with Gasteiger partial charge >= 0.3 is 0 Å². The van der Waals surface area contributed by atoms with Gasteiger partial charge in [-0.2, -0.15) is 5.26 Å². The Labute approximate surface area is 149 Å². The van der Waals surface area contributed by atoms with Gasteiger partial charge in [0, 0.05) is 44.3 Å². The fourth-order valence-corrected chi connectivity index (χ4v) is 3.70. The lowest BCUT2D eigenvalue weighted by Gasteiger charge is -2.23. The number of anilines is 1. The van der Waals surface area contributed by atoms with Gasteiger partial charge in [0.15, 0.2) is 0 Å². The van der Waals surface area contributed by atoms with Crippen LogP contribution in [0.15, 0.2) is 30.6 Å². The molecule has 0 radical (unpaired) electrons. The Balaban J connectivity index is 1.63. The normalized spacial score (nSPS) is 17.1. The van der Waals surface area contributed by atoms with Crippen LogP contribution in [0.2, 0.25) is 0 Å². The molecule has 0 aliphatic carbocycles. The van der Waals surface area contributed by atoms with E-state index in [4.69, 9.17) is 0 Å². The van der Waals surface area contributed by atoms with E-state index in [1.807, 2.05) is 38.4 Å². The van der Waals surface area contributed by atoms with Crippen LogP contribution in [0.25, 0.3) is 0 Å². The Morgan fingerprint density at radius 1 is 1.40 bits per heavy atom. The molecule has 0 amide bonds. The lowest BCUT2D eigenvalue weighted by Crippen LogP contribution is -2.28. The predicted molar refractivity (Wildman–Crippen MR) is 99.3 cm³/mol. The second-order valence-corrected chi connectivity index (χ2v) is 7.01. The van der Waals surface area contributed by atoms with Gasteiger partial charge in [-0.3, -0.25) is 9.97 Å². The molecule has 1 saturated heterocycles. The van der Waals surface area contributed by atoms with E-state index in [2.05, 4.69) is 39.0 Å². The molecule has 2 aromatic heterocycles. The quantitative estimate of drug-likeness (QED) is 0.841. The maximum atomic E-state index is 9.50. The first kappa shape index (κ1) is 17.4. The van der Waals surface area contributed by atoms with Gasteiger partial charge in [0.1, 0.15) is 6.07 Å². The van der Waals surface area contributed by atoms with Gasteiger partial charge in [-0.05, 0) is 50.9 Å². The van der Waals surface area contributed by atoms with E-state index in [9.17, 15) is 5.26 Å². The monoisotopic (exact) mass is 335 g/mol. The van der Waals surface area contributed by atoms with Crippen molar-refractivity contribution in [3.05, 3.63) is 53.1 Å². The Morgan fingerprint density at radius 3 is 2.96 bits per heavy atom. The van der Waals surface area contributed by atoms with Crippen molar-refractivity contribution < 1.29 is 0 Å². The van der Waals surface area contributed by atoms with Crippen LogP contribution in [0, 0.1) is 31.1 Å². The highest BCUT2D eigenvalue weighted by molar-refractivity contribution is 5.62. The highest BCUT2D eigenvalue weighted by atomic mass is 15.2. The van der Waals surface area contributed by atoms with E-state index in [-0.39, 0.29) is 0 Å². The van der Waals surface area contributed by atoms with Gasteiger partial charge in [0.2, 0.25) is 0 Å². The summed E-state index contributed by atoms with van der Waals surface area (Å²) in [5, 5.41) is 9.50. The smallest absolute Gasteiger partial charge is 0.103 e. The zero-order valence-electron chi connectivity index (χ0n) is 15.2.